The summed E-state index contributed by atoms with van der Waals surface area (Å²) in [6.07, 6.45) is 6.42. The molecule has 0 bridgehead atoms. The molecule has 0 aliphatic carbocycles. The van der Waals surface area contributed by atoms with Gasteiger partial charge in [0.05, 0.1) is 31.5 Å². The van der Waals surface area contributed by atoms with Crippen molar-refractivity contribution in [2.45, 2.75) is 71.4 Å². The van der Waals surface area contributed by atoms with Gasteiger partial charge >= 0.3 is 0 Å². The van der Waals surface area contributed by atoms with Crippen molar-refractivity contribution in [3.05, 3.63) is 71.8 Å². The number of unbranched alkanes of at least 4 members (excludes halogenated alkanes) is 2. The van der Waals surface area contributed by atoms with Gasteiger partial charge in [-0.1, -0.05) is 50.1 Å². The fraction of sp³-hybridized carbons (Fsp3) is 0.459. The minimum Gasteiger partial charge on any atom is -0.497 e. The number of carbonyl (C=O) groups excluding carboxylic acids is 3. The number of aromatic nitrogens is 3. The SMILES string of the molecule is CCC(=O)CCCCC[C@H](NC(=O)Cc1c(C)n(CC(=O)N2CCN(C)CC2)c2ccc(OC)cc12)c1ncc(-c2ccccc2)[nH]1. The van der Waals surface area contributed by atoms with Crippen LogP contribution < -0.4 is 10.1 Å². The van der Waals surface area contributed by atoms with Gasteiger partial charge < -0.3 is 29.4 Å². The van der Waals surface area contributed by atoms with Crippen LogP contribution in [-0.4, -0.2) is 82.3 Å². The number of benzene rings is 2. The number of ketones is 1. The Morgan fingerprint density at radius 1 is 1.02 bits per heavy atom. The van der Waals surface area contributed by atoms with Crippen molar-refractivity contribution in [3.63, 3.8) is 0 Å². The highest BCUT2D eigenvalue weighted by Crippen LogP contribution is 2.31. The molecule has 47 heavy (non-hydrogen) atoms. The van der Waals surface area contributed by atoms with Crippen LogP contribution in [0.3, 0.4) is 0 Å². The average molecular weight is 641 g/mol. The molecule has 5 rings (SSSR count). The number of H-pyrrole nitrogens is 1. The lowest BCUT2D eigenvalue weighted by Gasteiger charge is -2.32. The number of hydrogen-bond acceptors (Lipinski definition) is 6. The Hall–Kier alpha value is -4.44. The van der Waals surface area contributed by atoms with Crippen LogP contribution in [-0.2, 0) is 27.3 Å². The number of Topliss-reactive ketones (excluding diaryl/α,β-unsaturated/α-hetero) is 1. The fourth-order valence-corrected chi connectivity index (χ4v) is 6.36. The molecule has 10 heteroatoms. The van der Waals surface area contributed by atoms with Crippen LogP contribution in [0.4, 0.5) is 0 Å². The van der Waals surface area contributed by atoms with Crippen LogP contribution in [0.25, 0.3) is 22.2 Å². The van der Waals surface area contributed by atoms with Crippen LogP contribution in [0.1, 0.15) is 68.6 Å². The summed E-state index contributed by atoms with van der Waals surface area (Å²) in [5.41, 5.74) is 4.60. The fourth-order valence-electron chi connectivity index (χ4n) is 6.36. The number of likely N-dealkylation sites (N-methyl/N-ethyl adjacent to an activating group) is 1. The first-order valence-corrected chi connectivity index (χ1v) is 16.8. The van der Waals surface area contributed by atoms with E-state index in [9.17, 15) is 14.4 Å². The molecule has 1 aliphatic rings. The van der Waals surface area contributed by atoms with Gasteiger partial charge in [0, 0.05) is 55.6 Å². The van der Waals surface area contributed by atoms with Crippen molar-refractivity contribution in [2.75, 3.05) is 40.3 Å². The lowest BCUT2D eigenvalue weighted by Crippen LogP contribution is -2.48. The maximum Gasteiger partial charge on any atom is 0.242 e. The lowest BCUT2D eigenvalue weighted by molar-refractivity contribution is -0.133. The Morgan fingerprint density at radius 3 is 2.51 bits per heavy atom. The van der Waals surface area contributed by atoms with Gasteiger partial charge in [-0.05, 0) is 56.1 Å². The van der Waals surface area contributed by atoms with E-state index in [1.807, 2.05) is 78.0 Å². The topological polar surface area (TPSA) is 113 Å². The van der Waals surface area contributed by atoms with Crippen molar-refractivity contribution in [3.8, 4) is 17.0 Å². The van der Waals surface area contributed by atoms with Crippen LogP contribution in [0.2, 0.25) is 0 Å². The molecule has 1 fully saturated rings. The minimum atomic E-state index is -0.316. The summed E-state index contributed by atoms with van der Waals surface area (Å²) in [7, 11) is 3.70. The largest absolute Gasteiger partial charge is 0.497 e. The zero-order chi connectivity index (χ0) is 33.3. The summed E-state index contributed by atoms with van der Waals surface area (Å²) in [6.45, 7) is 7.26. The summed E-state index contributed by atoms with van der Waals surface area (Å²) in [5.74, 6) is 1.65. The Labute approximate surface area is 277 Å². The van der Waals surface area contributed by atoms with Crippen molar-refractivity contribution in [1.82, 2.24) is 29.7 Å². The zero-order valence-electron chi connectivity index (χ0n) is 28.2. The van der Waals surface area contributed by atoms with Gasteiger partial charge in [-0.2, -0.15) is 0 Å². The van der Waals surface area contributed by atoms with Crippen LogP contribution >= 0.6 is 0 Å². The van der Waals surface area contributed by atoms with Crippen molar-refractivity contribution >= 4 is 28.5 Å². The summed E-state index contributed by atoms with van der Waals surface area (Å²) in [6, 6.07) is 15.5. The third-order valence-corrected chi connectivity index (χ3v) is 9.34. The second kappa shape index (κ2) is 15.9. The molecule has 250 valence electrons. The summed E-state index contributed by atoms with van der Waals surface area (Å²) >= 11 is 0. The molecule has 0 spiro atoms. The first kappa shape index (κ1) is 33.9. The van der Waals surface area contributed by atoms with Gasteiger partial charge in [0.15, 0.2) is 0 Å². The molecular formula is C37H48N6O4. The molecule has 3 heterocycles. The van der Waals surface area contributed by atoms with E-state index >= 15 is 0 Å². The highest BCUT2D eigenvalue weighted by molar-refractivity contribution is 5.93. The summed E-state index contributed by atoms with van der Waals surface area (Å²) in [4.78, 5) is 51.3. The third kappa shape index (κ3) is 8.48. The Bertz CT molecular complexity index is 1670. The van der Waals surface area contributed by atoms with E-state index in [1.165, 1.54) is 0 Å². The van der Waals surface area contributed by atoms with E-state index in [0.29, 0.717) is 43.9 Å². The number of nitrogens with zero attached hydrogens (tertiary/aromatic N) is 4. The molecule has 0 saturated carbocycles. The summed E-state index contributed by atoms with van der Waals surface area (Å²) < 4.78 is 7.58. The average Bonchev–Trinajstić information content (AvgIpc) is 3.68. The van der Waals surface area contributed by atoms with Crippen molar-refractivity contribution in [2.24, 2.45) is 0 Å². The number of rotatable bonds is 15. The van der Waals surface area contributed by atoms with Gasteiger partial charge in [0.2, 0.25) is 11.8 Å². The zero-order valence-corrected chi connectivity index (χ0v) is 28.2. The maximum absolute atomic E-state index is 13.8. The van der Waals surface area contributed by atoms with Gasteiger partial charge in [0.25, 0.3) is 0 Å². The first-order chi connectivity index (χ1) is 22.8. The highest BCUT2D eigenvalue weighted by atomic mass is 16.5. The number of methoxy groups -OCH3 is 1. The molecule has 10 nitrogen and oxygen atoms in total. The van der Waals surface area contributed by atoms with E-state index in [2.05, 4.69) is 27.2 Å². The van der Waals surface area contributed by atoms with E-state index in [1.54, 1.807) is 7.11 Å². The van der Waals surface area contributed by atoms with E-state index < -0.39 is 0 Å². The quantitative estimate of drug-likeness (QED) is 0.167. The van der Waals surface area contributed by atoms with Gasteiger partial charge in [-0.15, -0.1) is 0 Å². The predicted molar refractivity (Wildman–Crippen MR) is 184 cm³/mol. The number of piperazine rings is 1. The molecule has 1 atom stereocenters. The summed E-state index contributed by atoms with van der Waals surface area (Å²) in [5, 5.41) is 4.17. The van der Waals surface area contributed by atoms with E-state index in [-0.39, 0.29) is 36.6 Å². The number of amides is 2. The van der Waals surface area contributed by atoms with Crippen molar-refractivity contribution < 1.29 is 19.1 Å². The van der Waals surface area contributed by atoms with E-state index in [0.717, 1.165) is 65.8 Å². The standard InChI is InChI=1S/C37H48N6O4/c1-5-28(44)14-10-7-11-15-32(37-38-24-33(40-37)27-12-8-6-9-13-27)39-35(45)23-30-26(2)43(34-17-16-29(47-4)22-31(30)34)25-36(46)42-20-18-41(3)19-21-42/h6,8-9,12-13,16-17,22,24,32H,5,7,10-11,14-15,18-21,23,25H2,1-4H3,(H,38,40)(H,39,45)/t32-/m0/s1. The molecular weight excluding hydrogens is 592 g/mol. The molecule has 2 N–H and O–H groups in total. The molecule has 2 aromatic heterocycles. The van der Waals surface area contributed by atoms with E-state index in [4.69, 9.17) is 4.74 Å². The normalized spacial score (nSPS) is 14.3. The monoisotopic (exact) mass is 640 g/mol. The van der Waals surface area contributed by atoms with Crippen LogP contribution in [0, 0.1) is 6.92 Å². The molecule has 4 aromatic rings. The predicted octanol–water partition coefficient (Wildman–Crippen LogP) is 5.45. The number of fused-ring (bicyclic) bond motifs is 1. The minimum absolute atomic E-state index is 0.0812. The first-order valence-electron chi connectivity index (χ1n) is 16.8. The molecule has 1 saturated heterocycles. The smallest absolute Gasteiger partial charge is 0.242 e. The number of ether oxygens (including phenoxy) is 1. The third-order valence-electron chi connectivity index (χ3n) is 9.34. The second-order valence-corrected chi connectivity index (χ2v) is 12.6. The second-order valence-electron chi connectivity index (χ2n) is 12.6. The molecule has 2 aromatic carbocycles. The molecule has 2 amide bonds. The maximum atomic E-state index is 13.8. The number of imidazole rings is 1. The van der Waals surface area contributed by atoms with Gasteiger partial charge in [-0.3, -0.25) is 14.4 Å². The van der Waals surface area contributed by atoms with Crippen LogP contribution in [0.15, 0.2) is 54.7 Å². The molecule has 0 unspecified atom stereocenters. The van der Waals surface area contributed by atoms with Gasteiger partial charge in [-0.25, -0.2) is 4.98 Å². The Kier molecular flexibility index (Phi) is 11.5. The Balaban J connectivity index is 1.36. The van der Waals surface area contributed by atoms with Crippen LogP contribution in [0.5, 0.6) is 5.75 Å². The Morgan fingerprint density at radius 2 is 1.79 bits per heavy atom. The van der Waals surface area contributed by atoms with Gasteiger partial charge in [0.1, 0.15) is 23.9 Å². The number of hydrogen-bond donors (Lipinski definition) is 2. The number of carbonyl (C=O) groups is 3. The van der Waals surface area contributed by atoms with Crippen molar-refractivity contribution in [1.29, 1.82) is 0 Å². The molecule has 1 aliphatic heterocycles. The highest BCUT2D eigenvalue weighted by Gasteiger charge is 2.25. The number of nitrogens with one attached hydrogen (secondary N) is 2. The molecule has 0 radical (unpaired) electrons. The lowest BCUT2D eigenvalue weighted by atomic mass is 10.0. The number of aromatic amines is 1.